The zero-order chi connectivity index (χ0) is 15.1. The maximum atomic E-state index is 3.40. The molecule has 0 radical (unpaired) electrons. The van der Waals surface area contributed by atoms with Crippen LogP contribution in [0.2, 0.25) is 0 Å². The quantitative estimate of drug-likeness (QED) is 0.909. The number of nitrogens with zero attached hydrogens (tertiary/aromatic N) is 1. The first-order chi connectivity index (χ1) is 10.2. The summed E-state index contributed by atoms with van der Waals surface area (Å²) in [6.45, 7) is 4.39. The van der Waals surface area contributed by atoms with Gasteiger partial charge < -0.3 is 10.2 Å². The molecule has 1 N–H and O–H groups in total. The van der Waals surface area contributed by atoms with Gasteiger partial charge in [0, 0.05) is 25.0 Å². The average Bonchev–Trinajstić information content (AvgIpc) is 2.91. The zero-order valence-electron chi connectivity index (χ0n) is 13.3. The summed E-state index contributed by atoms with van der Waals surface area (Å²) >= 11 is 0. The van der Waals surface area contributed by atoms with Crippen molar-refractivity contribution in [2.24, 2.45) is 0 Å². The Bertz CT molecular complexity index is 510. The second kappa shape index (κ2) is 7.96. The van der Waals surface area contributed by atoms with Gasteiger partial charge in [-0.2, -0.15) is 0 Å². The van der Waals surface area contributed by atoms with Gasteiger partial charge in [0.25, 0.3) is 0 Å². The summed E-state index contributed by atoms with van der Waals surface area (Å²) in [6, 6.07) is 21.7. The van der Waals surface area contributed by atoms with E-state index in [0.29, 0.717) is 12.0 Å². The Balaban J connectivity index is 0.000000194. The van der Waals surface area contributed by atoms with E-state index in [1.165, 1.54) is 11.1 Å². The summed E-state index contributed by atoms with van der Waals surface area (Å²) in [7, 11) is 4.24. The van der Waals surface area contributed by atoms with Gasteiger partial charge in [0.1, 0.15) is 0 Å². The first-order valence-corrected chi connectivity index (χ1v) is 7.63. The fourth-order valence-corrected chi connectivity index (χ4v) is 2.87. The molecule has 1 aliphatic heterocycles. The van der Waals surface area contributed by atoms with Crippen LogP contribution in [-0.2, 0) is 0 Å². The Labute approximate surface area is 128 Å². The highest BCUT2D eigenvalue weighted by Gasteiger charge is 2.30. The summed E-state index contributed by atoms with van der Waals surface area (Å²) in [5.74, 6) is 0.645. The number of nitrogens with one attached hydrogen (secondary N) is 1. The highest BCUT2D eigenvalue weighted by atomic mass is 15.2. The van der Waals surface area contributed by atoms with Gasteiger partial charge in [-0.05, 0) is 26.6 Å². The van der Waals surface area contributed by atoms with Crippen molar-refractivity contribution in [2.75, 3.05) is 27.2 Å². The van der Waals surface area contributed by atoms with Crippen LogP contribution in [0.3, 0.4) is 0 Å². The highest BCUT2D eigenvalue weighted by molar-refractivity contribution is 5.23. The van der Waals surface area contributed by atoms with E-state index in [4.69, 9.17) is 0 Å². The van der Waals surface area contributed by atoms with Crippen LogP contribution in [-0.4, -0.2) is 38.1 Å². The molecule has 2 heteroatoms. The maximum absolute atomic E-state index is 3.40. The summed E-state index contributed by atoms with van der Waals surface area (Å²) in [4.78, 5) is 2.39. The van der Waals surface area contributed by atoms with Gasteiger partial charge in [0.2, 0.25) is 0 Å². The molecule has 1 saturated heterocycles. The van der Waals surface area contributed by atoms with Crippen molar-refractivity contribution in [1.82, 2.24) is 10.2 Å². The topological polar surface area (TPSA) is 15.3 Å². The largest absolute Gasteiger partial charge is 0.315 e. The Kier molecular flexibility index (Phi) is 5.97. The molecule has 0 aromatic heterocycles. The molecule has 112 valence electrons. The number of hydrogen-bond donors (Lipinski definition) is 1. The Morgan fingerprint density at radius 1 is 0.905 bits per heavy atom. The molecule has 2 atom stereocenters. The van der Waals surface area contributed by atoms with E-state index in [0.717, 1.165) is 13.1 Å². The molecule has 2 aromatic carbocycles. The second-order valence-electron chi connectivity index (χ2n) is 5.79. The van der Waals surface area contributed by atoms with Crippen molar-refractivity contribution in [3.8, 4) is 0 Å². The molecule has 21 heavy (non-hydrogen) atoms. The van der Waals surface area contributed by atoms with Crippen LogP contribution >= 0.6 is 0 Å². The molecule has 0 bridgehead atoms. The zero-order valence-corrected chi connectivity index (χ0v) is 13.3. The number of benzene rings is 2. The first kappa shape index (κ1) is 15.7. The van der Waals surface area contributed by atoms with Crippen LogP contribution in [0.1, 0.15) is 17.0 Å². The molecule has 3 rings (SSSR count). The molecule has 0 aliphatic carbocycles. The fourth-order valence-electron chi connectivity index (χ4n) is 2.87. The normalized spacial score (nSPS) is 21.7. The second-order valence-corrected chi connectivity index (χ2v) is 5.79. The lowest BCUT2D eigenvalue weighted by molar-refractivity contribution is 0.402. The molecule has 0 amide bonds. The molecule has 1 fully saturated rings. The molecular formula is C19H26N2. The van der Waals surface area contributed by atoms with Gasteiger partial charge in [-0.15, -0.1) is 0 Å². The predicted octanol–water partition coefficient (Wildman–Crippen LogP) is 3.30. The van der Waals surface area contributed by atoms with Crippen molar-refractivity contribution in [3.63, 3.8) is 0 Å². The SMILES string of the molecule is CNC1CN(C)CC1c1ccccc1.Cc1ccccc1. The number of likely N-dealkylation sites (N-methyl/N-ethyl adjacent to an activating group) is 2. The van der Waals surface area contributed by atoms with Crippen LogP contribution in [0.25, 0.3) is 0 Å². The van der Waals surface area contributed by atoms with E-state index in [2.05, 4.69) is 73.7 Å². The van der Waals surface area contributed by atoms with Crippen LogP contribution < -0.4 is 5.32 Å². The van der Waals surface area contributed by atoms with Gasteiger partial charge in [-0.1, -0.05) is 66.2 Å². The van der Waals surface area contributed by atoms with E-state index in [9.17, 15) is 0 Å². The minimum Gasteiger partial charge on any atom is -0.315 e. The van der Waals surface area contributed by atoms with Crippen molar-refractivity contribution in [3.05, 3.63) is 71.8 Å². The minimum atomic E-state index is 0.599. The van der Waals surface area contributed by atoms with Gasteiger partial charge in [-0.25, -0.2) is 0 Å². The monoisotopic (exact) mass is 282 g/mol. The molecule has 1 heterocycles. The van der Waals surface area contributed by atoms with Crippen LogP contribution in [0.15, 0.2) is 60.7 Å². The highest BCUT2D eigenvalue weighted by Crippen LogP contribution is 2.26. The average molecular weight is 282 g/mol. The van der Waals surface area contributed by atoms with E-state index < -0.39 is 0 Å². The van der Waals surface area contributed by atoms with E-state index in [-0.39, 0.29) is 0 Å². The summed E-state index contributed by atoms with van der Waals surface area (Å²) in [5.41, 5.74) is 2.78. The number of aryl methyl sites for hydroxylation is 1. The summed E-state index contributed by atoms with van der Waals surface area (Å²) in [5, 5.41) is 3.40. The molecule has 2 nitrogen and oxygen atoms in total. The molecule has 2 aromatic rings. The van der Waals surface area contributed by atoms with Crippen molar-refractivity contribution in [2.45, 2.75) is 18.9 Å². The number of rotatable bonds is 2. The van der Waals surface area contributed by atoms with E-state index in [1.807, 2.05) is 18.2 Å². The van der Waals surface area contributed by atoms with Crippen molar-refractivity contribution in [1.29, 1.82) is 0 Å². The Hall–Kier alpha value is -1.64. The number of likely N-dealkylation sites (tertiary alicyclic amines) is 1. The minimum absolute atomic E-state index is 0.599. The van der Waals surface area contributed by atoms with Gasteiger partial charge in [-0.3, -0.25) is 0 Å². The lowest BCUT2D eigenvalue weighted by Crippen LogP contribution is -2.31. The third kappa shape index (κ3) is 4.69. The maximum Gasteiger partial charge on any atom is 0.0272 e. The fraction of sp³-hybridized carbons (Fsp3) is 0.368. The van der Waals surface area contributed by atoms with Crippen molar-refractivity contribution >= 4 is 0 Å². The van der Waals surface area contributed by atoms with E-state index in [1.54, 1.807) is 0 Å². The van der Waals surface area contributed by atoms with Crippen LogP contribution in [0.4, 0.5) is 0 Å². The van der Waals surface area contributed by atoms with Crippen LogP contribution in [0.5, 0.6) is 0 Å². The Morgan fingerprint density at radius 2 is 1.48 bits per heavy atom. The summed E-state index contributed by atoms with van der Waals surface area (Å²) in [6.07, 6.45) is 0. The first-order valence-electron chi connectivity index (χ1n) is 7.63. The third-order valence-corrected chi connectivity index (χ3v) is 4.04. The van der Waals surface area contributed by atoms with E-state index >= 15 is 0 Å². The van der Waals surface area contributed by atoms with Crippen LogP contribution in [0, 0.1) is 6.92 Å². The van der Waals surface area contributed by atoms with Gasteiger partial charge >= 0.3 is 0 Å². The predicted molar refractivity (Wildman–Crippen MR) is 90.7 cm³/mol. The lowest BCUT2D eigenvalue weighted by atomic mass is 9.95. The molecule has 0 saturated carbocycles. The molecule has 0 spiro atoms. The third-order valence-electron chi connectivity index (χ3n) is 4.04. The molecular weight excluding hydrogens is 256 g/mol. The van der Waals surface area contributed by atoms with Gasteiger partial charge in [0.05, 0.1) is 0 Å². The molecule has 2 unspecified atom stereocenters. The van der Waals surface area contributed by atoms with Gasteiger partial charge in [0.15, 0.2) is 0 Å². The van der Waals surface area contributed by atoms with Crippen molar-refractivity contribution < 1.29 is 0 Å². The Morgan fingerprint density at radius 3 is 1.95 bits per heavy atom. The standard InChI is InChI=1S/C12H18N2.C7H8/c1-13-12-9-14(2)8-11(12)10-6-4-3-5-7-10;1-7-5-3-2-4-6-7/h3-7,11-13H,8-9H2,1-2H3;2-6H,1H3. The molecule has 1 aliphatic rings. The lowest BCUT2D eigenvalue weighted by Gasteiger charge is -2.17. The smallest absolute Gasteiger partial charge is 0.0272 e. The summed E-state index contributed by atoms with van der Waals surface area (Å²) < 4.78 is 0. The number of hydrogen-bond acceptors (Lipinski definition) is 2.